The highest BCUT2D eigenvalue weighted by molar-refractivity contribution is 5.95. The number of ether oxygens (including phenoxy) is 1. The third-order valence-electron chi connectivity index (χ3n) is 4.45. The van der Waals surface area contributed by atoms with Crippen molar-refractivity contribution >= 4 is 11.6 Å². The van der Waals surface area contributed by atoms with Crippen molar-refractivity contribution < 1.29 is 9.53 Å². The first-order valence-corrected chi connectivity index (χ1v) is 8.52. The van der Waals surface area contributed by atoms with Crippen molar-refractivity contribution in [3.05, 3.63) is 59.7 Å². The molecule has 2 aromatic carbocycles. The fraction of sp³-hybridized carbons (Fsp3) is 0.350. The Morgan fingerprint density at radius 2 is 1.67 bits per heavy atom. The second kappa shape index (κ2) is 7.39. The molecule has 126 valence electrons. The first-order chi connectivity index (χ1) is 11.7. The van der Waals surface area contributed by atoms with Gasteiger partial charge in [0.1, 0.15) is 5.75 Å². The highest BCUT2D eigenvalue weighted by atomic mass is 16.5. The molecule has 0 unspecified atom stereocenters. The van der Waals surface area contributed by atoms with Crippen molar-refractivity contribution in [2.75, 3.05) is 37.7 Å². The van der Waals surface area contributed by atoms with Crippen LogP contribution in [-0.2, 0) is 0 Å². The molecule has 4 heteroatoms. The summed E-state index contributed by atoms with van der Waals surface area (Å²) in [7, 11) is 0. The smallest absolute Gasteiger partial charge is 0.254 e. The van der Waals surface area contributed by atoms with Crippen molar-refractivity contribution in [1.82, 2.24) is 4.90 Å². The van der Waals surface area contributed by atoms with Gasteiger partial charge >= 0.3 is 0 Å². The van der Waals surface area contributed by atoms with Crippen LogP contribution in [0.15, 0.2) is 48.5 Å². The lowest BCUT2D eigenvalue weighted by Gasteiger charge is -2.37. The van der Waals surface area contributed by atoms with Gasteiger partial charge in [0, 0.05) is 31.7 Å². The molecule has 0 N–H and O–H groups in total. The van der Waals surface area contributed by atoms with Crippen molar-refractivity contribution in [3.8, 4) is 5.75 Å². The lowest BCUT2D eigenvalue weighted by atomic mass is 10.1. The fourth-order valence-corrected chi connectivity index (χ4v) is 3.13. The Bertz CT molecular complexity index is 706. The van der Waals surface area contributed by atoms with Crippen molar-refractivity contribution in [1.29, 1.82) is 0 Å². The van der Waals surface area contributed by atoms with E-state index >= 15 is 0 Å². The maximum absolute atomic E-state index is 12.7. The third kappa shape index (κ3) is 3.37. The van der Waals surface area contributed by atoms with E-state index in [4.69, 9.17) is 4.74 Å². The molecule has 1 aliphatic heterocycles. The molecule has 0 aliphatic carbocycles. The second-order valence-electron chi connectivity index (χ2n) is 5.99. The molecule has 1 fully saturated rings. The van der Waals surface area contributed by atoms with Crippen LogP contribution in [0.1, 0.15) is 22.8 Å². The average molecular weight is 324 g/mol. The van der Waals surface area contributed by atoms with E-state index in [0.717, 1.165) is 48.7 Å². The highest BCUT2D eigenvalue weighted by Gasteiger charge is 2.24. The van der Waals surface area contributed by atoms with Gasteiger partial charge in [0.15, 0.2) is 0 Å². The molecule has 0 radical (unpaired) electrons. The summed E-state index contributed by atoms with van der Waals surface area (Å²) in [6.45, 7) is 7.74. The molecule has 1 saturated heterocycles. The molecule has 1 heterocycles. The minimum atomic E-state index is 0.130. The van der Waals surface area contributed by atoms with E-state index in [1.807, 2.05) is 61.2 Å². The second-order valence-corrected chi connectivity index (χ2v) is 5.99. The normalized spacial score (nSPS) is 14.6. The standard InChI is InChI=1S/C20H24N2O2/c1-3-24-19-11-7-6-10-18(19)21-12-14-22(15-13-21)20(23)17-9-5-4-8-16(17)2/h4-11H,3,12-15H2,1-2H3. The number of carbonyl (C=O) groups is 1. The van der Waals surface area contributed by atoms with Gasteiger partial charge in [-0.2, -0.15) is 0 Å². The zero-order chi connectivity index (χ0) is 16.9. The molecule has 1 aliphatic rings. The van der Waals surface area contributed by atoms with Crippen LogP contribution >= 0.6 is 0 Å². The monoisotopic (exact) mass is 324 g/mol. The lowest BCUT2D eigenvalue weighted by molar-refractivity contribution is 0.0746. The Kier molecular flexibility index (Phi) is 5.04. The number of aryl methyl sites for hydroxylation is 1. The maximum atomic E-state index is 12.7. The Balaban J connectivity index is 1.68. The van der Waals surface area contributed by atoms with Gasteiger partial charge in [0.05, 0.1) is 12.3 Å². The summed E-state index contributed by atoms with van der Waals surface area (Å²) in [6.07, 6.45) is 0. The van der Waals surface area contributed by atoms with E-state index in [-0.39, 0.29) is 5.91 Å². The summed E-state index contributed by atoms with van der Waals surface area (Å²) < 4.78 is 5.73. The number of piperazine rings is 1. The summed E-state index contributed by atoms with van der Waals surface area (Å²) in [5.41, 5.74) is 2.95. The van der Waals surface area contributed by atoms with E-state index in [1.165, 1.54) is 0 Å². The number of hydrogen-bond acceptors (Lipinski definition) is 3. The molecule has 0 atom stereocenters. The van der Waals surface area contributed by atoms with Crippen LogP contribution in [0.25, 0.3) is 0 Å². The van der Waals surface area contributed by atoms with Crippen LogP contribution in [0, 0.1) is 6.92 Å². The molecule has 0 aromatic heterocycles. The largest absolute Gasteiger partial charge is 0.492 e. The van der Waals surface area contributed by atoms with E-state index in [9.17, 15) is 4.79 Å². The number of rotatable bonds is 4. The van der Waals surface area contributed by atoms with Crippen LogP contribution in [0.4, 0.5) is 5.69 Å². The Labute approximate surface area is 143 Å². The van der Waals surface area contributed by atoms with Crippen LogP contribution < -0.4 is 9.64 Å². The number of para-hydroxylation sites is 2. The number of hydrogen-bond donors (Lipinski definition) is 0. The van der Waals surface area contributed by atoms with Gasteiger partial charge in [-0.1, -0.05) is 30.3 Å². The van der Waals surface area contributed by atoms with Gasteiger partial charge in [-0.15, -0.1) is 0 Å². The van der Waals surface area contributed by atoms with Gasteiger partial charge in [0.2, 0.25) is 0 Å². The molecule has 0 bridgehead atoms. The minimum absolute atomic E-state index is 0.130. The average Bonchev–Trinajstić information content (AvgIpc) is 2.63. The molecule has 24 heavy (non-hydrogen) atoms. The van der Waals surface area contributed by atoms with Crippen molar-refractivity contribution in [2.24, 2.45) is 0 Å². The van der Waals surface area contributed by atoms with E-state index in [0.29, 0.717) is 6.61 Å². The van der Waals surface area contributed by atoms with Gasteiger partial charge in [-0.05, 0) is 37.6 Å². The molecule has 4 nitrogen and oxygen atoms in total. The molecular weight excluding hydrogens is 300 g/mol. The maximum Gasteiger partial charge on any atom is 0.254 e. The first-order valence-electron chi connectivity index (χ1n) is 8.52. The number of anilines is 1. The van der Waals surface area contributed by atoms with Gasteiger partial charge in [-0.25, -0.2) is 0 Å². The fourth-order valence-electron chi connectivity index (χ4n) is 3.13. The zero-order valence-corrected chi connectivity index (χ0v) is 14.4. The molecule has 0 saturated carbocycles. The highest BCUT2D eigenvalue weighted by Crippen LogP contribution is 2.29. The summed E-state index contributed by atoms with van der Waals surface area (Å²) in [6, 6.07) is 15.9. The summed E-state index contributed by atoms with van der Waals surface area (Å²) in [5, 5.41) is 0. The van der Waals surface area contributed by atoms with Crippen LogP contribution in [-0.4, -0.2) is 43.6 Å². The van der Waals surface area contributed by atoms with Crippen molar-refractivity contribution in [2.45, 2.75) is 13.8 Å². The number of nitrogens with zero attached hydrogens (tertiary/aromatic N) is 2. The minimum Gasteiger partial charge on any atom is -0.492 e. The van der Waals surface area contributed by atoms with E-state index in [2.05, 4.69) is 11.0 Å². The van der Waals surface area contributed by atoms with Gasteiger partial charge < -0.3 is 14.5 Å². The topological polar surface area (TPSA) is 32.8 Å². The van der Waals surface area contributed by atoms with E-state index in [1.54, 1.807) is 0 Å². The molecule has 2 aromatic rings. The molecular formula is C20H24N2O2. The van der Waals surface area contributed by atoms with E-state index < -0.39 is 0 Å². The van der Waals surface area contributed by atoms with Crippen molar-refractivity contribution in [3.63, 3.8) is 0 Å². The molecule has 3 rings (SSSR count). The number of amides is 1. The molecule has 0 spiro atoms. The van der Waals surface area contributed by atoms with Gasteiger partial charge in [0.25, 0.3) is 5.91 Å². The SMILES string of the molecule is CCOc1ccccc1N1CCN(C(=O)c2ccccc2C)CC1. The number of benzene rings is 2. The summed E-state index contributed by atoms with van der Waals surface area (Å²) in [5.74, 6) is 1.05. The predicted octanol–water partition coefficient (Wildman–Crippen LogP) is 3.36. The Morgan fingerprint density at radius 1 is 1.00 bits per heavy atom. The van der Waals surface area contributed by atoms with Crippen LogP contribution in [0.3, 0.4) is 0 Å². The van der Waals surface area contributed by atoms with Gasteiger partial charge in [-0.3, -0.25) is 4.79 Å². The predicted molar refractivity (Wildman–Crippen MR) is 96.9 cm³/mol. The Hall–Kier alpha value is -2.49. The first kappa shape index (κ1) is 16.4. The third-order valence-corrected chi connectivity index (χ3v) is 4.45. The zero-order valence-electron chi connectivity index (χ0n) is 14.4. The lowest BCUT2D eigenvalue weighted by Crippen LogP contribution is -2.49. The summed E-state index contributed by atoms with van der Waals surface area (Å²) >= 11 is 0. The quantitative estimate of drug-likeness (QED) is 0.864. The van der Waals surface area contributed by atoms with Crippen LogP contribution in [0.5, 0.6) is 5.75 Å². The number of carbonyl (C=O) groups excluding carboxylic acids is 1. The Morgan fingerprint density at radius 3 is 2.38 bits per heavy atom. The van der Waals surface area contributed by atoms with Crippen LogP contribution in [0.2, 0.25) is 0 Å². The summed E-state index contributed by atoms with van der Waals surface area (Å²) in [4.78, 5) is 17.0. The molecule has 1 amide bonds.